The topological polar surface area (TPSA) is 63.8 Å². The van der Waals surface area contributed by atoms with Crippen LogP contribution in [-0.2, 0) is 6.18 Å². The van der Waals surface area contributed by atoms with Crippen LogP contribution in [0.15, 0.2) is 30.5 Å². The molecule has 0 atom stereocenters. The number of aryl methyl sites for hydroxylation is 1. The van der Waals surface area contributed by atoms with Crippen molar-refractivity contribution in [2.24, 2.45) is 5.73 Å². The van der Waals surface area contributed by atoms with Gasteiger partial charge in [0.2, 0.25) is 0 Å². The highest BCUT2D eigenvalue weighted by Gasteiger charge is 2.30. The molecule has 1 aromatic carbocycles. The molecule has 4 nitrogen and oxygen atoms in total. The largest absolute Gasteiger partial charge is 0.416 e. The summed E-state index contributed by atoms with van der Waals surface area (Å²) in [5.74, 6) is 0.271. The zero-order valence-electron chi connectivity index (χ0n) is 12.1. The molecule has 3 N–H and O–H groups in total. The highest BCUT2D eigenvalue weighted by Crippen LogP contribution is 2.31. The number of benzene rings is 1. The molecule has 22 heavy (non-hydrogen) atoms. The van der Waals surface area contributed by atoms with E-state index in [0.717, 1.165) is 24.2 Å². The normalized spacial score (nSPS) is 11.5. The maximum atomic E-state index is 12.7. The molecular weight excluding hydrogens is 293 g/mol. The van der Waals surface area contributed by atoms with Gasteiger partial charge < -0.3 is 11.1 Å². The van der Waals surface area contributed by atoms with Crippen LogP contribution in [-0.4, -0.2) is 23.1 Å². The number of hydrogen-bond donors (Lipinski definition) is 2. The molecule has 7 heteroatoms. The molecule has 0 amide bonds. The fourth-order valence-electron chi connectivity index (χ4n) is 1.94. The van der Waals surface area contributed by atoms with E-state index in [4.69, 9.17) is 5.73 Å². The van der Waals surface area contributed by atoms with Crippen LogP contribution < -0.4 is 11.1 Å². The molecule has 0 fully saturated rings. The van der Waals surface area contributed by atoms with Gasteiger partial charge in [0, 0.05) is 12.1 Å². The van der Waals surface area contributed by atoms with Gasteiger partial charge in [0.05, 0.1) is 23.1 Å². The number of aromatic nitrogens is 2. The summed E-state index contributed by atoms with van der Waals surface area (Å²) < 4.78 is 38.2. The summed E-state index contributed by atoms with van der Waals surface area (Å²) in [5, 5.41) is 3.14. The lowest BCUT2D eigenvalue weighted by Gasteiger charge is -2.11. The van der Waals surface area contributed by atoms with E-state index in [0.29, 0.717) is 24.3 Å². The molecule has 0 aliphatic rings. The van der Waals surface area contributed by atoms with Crippen molar-refractivity contribution in [2.45, 2.75) is 19.5 Å². The number of nitrogens with two attached hydrogens (primary N) is 1. The smallest absolute Gasteiger partial charge is 0.382 e. The van der Waals surface area contributed by atoms with Crippen LogP contribution in [0.2, 0.25) is 0 Å². The highest BCUT2D eigenvalue weighted by molar-refractivity contribution is 5.59. The molecule has 0 saturated heterocycles. The summed E-state index contributed by atoms with van der Waals surface area (Å²) in [6.45, 7) is 3.06. The van der Waals surface area contributed by atoms with E-state index in [-0.39, 0.29) is 5.82 Å². The van der Waals surface area contributed by atoms with Crippen LogP contribution in [0.1, 0.15) is 17.7 Å². The second kappa shape index (κ2) is 6.74. The van der Waals surface area contributed by atoms with Crippen molar-refractivity contribution in [3.8, 4) is 11.4 Å². The minimum atomic E-state index is -4.38. The fourth-order valence-corrected chi connectivity index (χ4v) is 1.94. The van der Waals surface area contributed by atoms with Gasteiger partial charge in [0.25, 0.3) is 0 Å². The van der Waals surface area contributed by atoms with E-state index < -0.39 is 11.7 Å². The van der Waals surface area contributed by atoms with Crippen molar-refractivity contribution < 1.29 is 13.2 Å². The van der Waals surface area contributed by atoms with Gasteiger partial charge in [0.1, 0.15) is 0 Å². The van der Waals surface area contributed by atoms with E-state index in [1.807, 2.05) is 0 Å². The number of halogens is 3. The van der Waals surface area contributed by atoms with E-state index >= 15 is 0 Å². The molecule has 0 aliphatic carbocycles. The molecule has 118 valence electrons. The third-order valence-electron chi connectivity index (χ3n) is 3.12. The average Bonchev–Trinajstić information content (AvgIpc) is 2.48. The first-order valence-corrected chi connectivity index (χ1v) is 6.87. The summed E-state index contributed by atoms with van der Waals surface area (Å²) in [6.07, 6.45) is -1.99. The first-order chi connectivity index (χ1) is 10.4. The Hall–Kier alpha value is -2.15. The van der Waals surface area contributed by atoms with E-state index in [9.17, 15) is 13.2 Å². The van der Waals surface area contributed by atoms with Crippen molar-refractivity contribution in [3.05, 3.63) is 41.7 Å². The maximum Gasteiger partial charge on any atom is 0.416 e. The Bertz CT molecular complexity index is 641. The number of alkyl halides is 3. The van der Waals surface area contributed by atoms with Gasteiger partial charge in [-0.15, -0.1) is 0 Å². The van der Waals surface area contributed by atoms with Crippen LogP contribution in [0.5, 0.6) is 0 Å². The number of hydrogen-bond acceptors (Lipinski definition) is 4. The van der Waals surface area contributed by atoms with Crippen LogP contribution >= 0.6 is 0 Å². The van der Waals surface area contributed by atoms with Crippen molar-refractivity contribution in [3.63, 3.8) is 0 Å². The predicted molar refractivity (Wildman–Crippen MR) is 79.4 cm³/mol. The number of rotatable bonds is 5. The lowest BCUT2D eigenvalue weighted by Crippen LogP contribution is -2.10. The molecule has 1 aromatic heterocycles. The molecule has 0 radical (unpaired) electrons. The van der Waals surface area contributed by atoms with Gasteiger partial charge in [-0.25, -0.2) is 9.97 Å². The lowest BCUT2D eigenvalue weighted by atomic mass is 10.1. The Balaban J connectivity index is 2.25. The Morgan fingerprint density at radius 3 is 2.68 bits per heavy atom. The molecule has 0 bridgehead atoms. The van der Waals surface area contributed by atoms with Crippen molar-refractivity contribution in [1.29, 1.82) is 0 Å². The Morgan fingerprint density at radius 2 is 2.05 bits per heavy atom. The first-order valence-electron chi connectivity index (χ1n) is 6.87. The van der Waals surface area contributed by atoms with E-state index in [2.05, 4.69) is 15.3 Å². The monoisotopic (exact) mass is 310 g/mol. The van der Waals surface area contributed by atoms with Crippen LogP contribution in [0.3, 0.4) is 0 Å². The Labute approximate surface area is 126 Å². The molecule has 0 saturated carbocycles. The first kappa shape index (κ1) is 16.2. The molecule has 2 aromatic rings. The maximum absolute atomic E-state index is 12.7. The number of nitrogens with one attached hydrogen (secondary N) is 1. The zero-order valence-corrected chi connectivity index (χ0v) is 12.1. The zero-order chi connectivity index (χ0) is 16.2. The summed E-state index contributed by atoms with van der Waals surface area (Å²) >= 11 is 0. The lowest BCUT2D eigenvalue weighted by molar-refractivity contribution is -0.137. The summed E-state index contributed by atoms with van der Waals surface area (Å²) in [4.78, 5) is 8.41. The summed E-state index contributed by atoms with van der Waals surface area (Å²) in [7, 11) is 0. The minimum absolute atomic E-state index is 0.271. The van der Waals surface area contributed by atoms with Crippen molar-refractivity contribution >= 4 is 5.69 Å². The van der Waals surface area contributed by atoms with Gasteiger partial charge in [-0.2, -0.15) is 13.2 Å². The van der Waals surface area contributed by atoms with E-state index in [1.54, 1.807) is 19.2 Å². The van der Waals surface area contributed by atoms with Crippen LogP contribution in [0, 0.1) is 6.92 Å². The summed E-state index contributed by atoms with van der Waals surface area (Å²) in [5.41, 5.74) is 6.48. The molecular formula is C15H17F3N4. The SMILES string of the molecule is Cc1nc(-c2cccc(C(F)(F)F)c2)ncc1NCCCN. The quantitative estimate of drug-likeness (QED) is 0.832. The summed E-state index contributed by atoms with van der Waals surface area (Å²) in [6, 6.07) is 4.99. The number of anilines is 1. The van der Waals surface area contributed by atoms with Gasteiger partial charge in [-0.3, -0.25) is 0 Å². The van der Waals surface area contributed by atoms with Gasteiger partial charge in [-0.1, -0.05) is 12.1 Å². The third-order valence-corrected chi connectivity index (χ3v) is 3.12. The van der Waals surface area contributed by atoms with Crippen molar-refractivity contribution in [2.75, 3.05) is 18.4 Å². The van der Waals surface area contributed by atoms with E-state index in [1.165, 1.54) is 6.07 Å². The molecule has 0 unspecified atom stereocenters. The minimum Gasteiger partial charge on any atom is -0.382 e. The van der Waals surface area contributed by atoms with Crippen molar-refractivity contribution in [1.82, 2.24) is 9.97 Å². The van der Waals surface area contributed by atoms with Crippen LogP contribution in [0.25, 0.3) is 11.4 Å². The third kappa shape index (κ3) is 3.94. The fraction of sp³-hybridized carbons (Fsp3) is 0.333. The van der Waals surface area contributed by atoms with Gasteiger partial charge in [0.15, 0.2) is 5.82 Å². The Morgan fingerprint density at radius 1 is 1.27 bits per heavy atom. The molecule has 0 spiro atoms. The standard InChI is InChI=1S/C15H17F3N4/c1-10-13(20-7-3-6-19)9-21-14(22-10)11-4-2-5-12(8-11)15(16,17)18/h2,4-5,8-9,20H,3,6-7,19H2,1H3. The average molecular weight is 310 g/mol. The molecule has 2 rings (SSSR count). The molecule has 1 heterocycles. The highest BCUT2D eigenvalue weighted by atomic mass is 19.4. The Kier molecular flexibility index (Phi) is 4.97. The van der Waals surface area contributed by atoms with Crippen LogP contribution in [0.4, 0.5) is 18.9 Å². The molecule has 0 aliphatic heterocycles. The second-order valence-corrected chi connectivity index (χ2v) is 4.84. The predicted octanol–water partition coefficient (Wildman–Crippen LogP) is 3.23. The number of nitrogens with zero attached hydrogens (tertiary/aromatic N) is 2. The van der Waals surface area contributed by atoms with Gasteiger partial charge in [-0.05, 0) is 32.0 Å². The van der Waals surface area contributed by atoms with Gasteiger partial charge >= 0.3 is 6.18 Å². The second-order valence-electron chi connectivity index (χ2n) is 4.84.